The third-order valence-corrected chi connectivity index (χ3v) is 3.89. The molecule has 2 rings (SSSR count). The van der Waals surface area contributed by atoms with E-state index in [1.165, 1.54) is 5.56 Å². The van der Waals surface area contributed by atoms with E-state index in [1.54, 1.807) is 0 Å². The maximum Gasteiger partial charge on any atom is 0.237 e. The van der Waals surface area contributed by atoms with Crippen LogP contribution in [0.2, 0.25) is 0 Å². The first-order valence-electron chi connectivity index (χ1n) is 7.43. The monoisotopic (exact) mass is 275 g/mol. The highest BCUT2D eigenvalue weighted by Crippen LogP contribution is 2.09. The van der Waals surface area contributed by atoms with E-state index in [2.05, 4.69) is 29.4 Å². The smallest absolute Gasteiger partial charge is 0.237 e. The van der Waals surface area contributed by atoms with E-state index in [-0.39, 0.29) is 11.9 Å². The van der Waals surface area contributed by atoms with E-state index >= 15 is 0 Å². The number of aryl methyl sites for hydroxylation is 1. The predicted octanol–water partition coefficient (Wildman–Crippen LogP) is 1.16. The summed E-state index contributed by atoms with van der Waals surface area (Å²) in [6.45, 7) is 2.05. The number of carbonyl (C=O) groups is 1. The summed E-state index contributed by atoms with van der Waals surface area (Å²) in [5.41, 5.74) is 7.22. The summed E-state index contributed by atoms with van der Waals surface area (Å²) in [7, 11) is 2.09. The zero-order valence-corrected chi connectivity index (χ0v) is 12.2. The van der Waals surface area contributed by atoms with Crippen LogP contribution in [0.25, 0.3) is 0 Å². The molecule has 0 aliphatic carbocycles. The number of nitrogens with one attached hydrogen (secondary N) is 1. The van der Waals surface area contributed by atoms with Gasteiger partial charge < -0.3 is 16.0 Å². The molecule has 2 atom stereocenters. The molecule has 3 N–H and O–H groups in total. The van der Waals surface area contributed by atoms with Crippen molar-refractivity contribution < 1.29 is 4.79 Å². The van der Waals surface area contributed by atoms with Crippen molar-refractivity contribution in [2.45, 2.75) is 37.8 Å². The predicted molar refractivity (Wildman–Crippen MR) is 81.4 cm³/mol. The first kappa shape index (κ1) is 15.0. The van der Waals surface area contributed by atoms with Crippen LogP contribution in [0.4, 0.5) is 0 Å². The van der Waals surface area contributed by atoms with Crippen molar-refractivity contribution in [3.63, 3.8) is 0 Å². The summed E-state index contributed by atoms with van der Waals surface area (Å²) in [4.78, 5) is 14.3. The number of benzene rings is 1. The van der Waals surface area contributed by atoms with Gasteiger partial charge in [-0.25, -0.2) is 0 Å². The number of nitrogens with two attached hydrogens (primary N) is 1. The van der Waals surface area contributed by atoms with Gasteiger partial charge in [-0.2, -0.15) is 0 Å². The second-order valence-electron chi connectivity index (χ2n) is 5.74. The fourth-order valence-electron chi connectivity index (χ4n) is 2.69. The molecule has 0 spiro atoms. The summed E-state index contributed by atoms with van der Waals surface area (Å²) in [6.07, 6.45) is 3.74. The molecule has 0 radical (unpaired) electrons. The maximum absolute atomic E-state index is 12.1. The number of nitrogens with zero attached hydrogens (tertiary/aromatic N) is 1. The molecule has 1 saturated heterocycles. The molecule has 20 heavy (non-hydrogen) atoms. The van der Waals surface area contributed by atoms with Gasteiger partial charge in [0.2, 0.25) is 5.91 Å². The largest absolute Gasteiger partial charge is 0.351 e. The lowest BCUT2D eigenvalue weighted by molar-refractivity contribution is -0.123. The summed E-state index contributed by atoms with van der Waals surface area (Å²) in [6, 6.07) is 10.0. The average Bonchev–Trinajstić information content (AvgIpc) is 2.46. The number of likely N-dealkylation sites (N-methyl/N-ethyl adjacent to an activating group) is 1. The summed E-state index contributed by atoms with van der Waals surface area (Å²) < 4.78 is 0. The minimum Gasteiger partial charge on any atom is -0.351 e. The summed E-state index contributed by atoms with van der Waals surface area (Å²) in [5, 5.41) is 3.08. The molecule has 0 bridgehead atoms. The van der Waals surface area contributed by atoms with E-state index in [1.807, 2.05) is 18.2 Å². The van der Waals surface area contributed by atoms with Gasteiger partial charge in [-0.1, -0.05) is 30.3 Å². The molecule has 1 aromatic carbocycles. The zero-order valence-electron chi connectivity index (χ0n) is 12.2. The van der Waals surface area contributed by atoms with E-state index in [0.717, 1.165) is 32.4 Å². The van der Waals surface area contributed by atoms with E-state index < -0.39 is 6.04 Å². The number of carbonyl (C=O) groups excluding carboxylic acids is 1. The van der Waals surface area contributed by atoms with Crippen LogP contribution in [0.1, 0.15) is 24.8 Å². The Morgan fingerprint density at radius 3 is 2.90 bits per heavy atom. The number of hydrogen-bond donors (Lipinski definition) is 2. The SMILES string of the molecule is CN1CCCC(NC(=O)[C@@H](N)CCc2ccccc2)C1. The molecule has 0 aromatic heterocycles. The maximum atomic E-state index is 12.1. The van der Waals surface area contributed by atoms with E-state index in [9.17, 15) is 4.79 Å². The van der Waals surface area contributed by atoms with Gasteiger partial charge in [0.15, 0.2) is 0 Å². The molecule has 4 nitrogen and oxygen atoms in total. The summed E-state index contributed by atoms with van der Waals surface area (Å²) in [5.74, 6) is -0.0127. The van der Waals surface area contributed by atoms with Crippen LogP contribution in [0, 0.1) is 0 Å². The Morgan fingerprint density at radius 1 is 1.45 bits per heavy atom. The minimum atomic E-state index is -0.414. The molecule has 1 fully saturated rings. The molecule has 1 heterocycles. The molecular formula is C16H25N3O. The van der Waals surface area contributed by atoms with E-state index in [4.69, 9.17) is 5.73 Å². The Kier molecular flexibility index (Phi) is 5.56. The van der Waals surface area contributed by atoms with Gasteiger partial charge in [-0.3, -0.25) is 4.79 Å². The zero-order chi connectivity index (χ0) is 14.4. The van der Waals surface area contributed by atoms with Gasteiger partial charge >= 0.3 is 0 Å². The van der Waals surface area contributed by atoms with Crippen LogP contribution in [-0.2, 0) is 11.2 Å². The number of amides is 1. The van der Waals surface area contributed by atoms with Crippen molar-refractivity contribution in [1.29, 1.82) is 0 Å². The molecule has 1 amide bonds. The highest BCUT2D eigenvalue weighted by molar-refractivity contribution is 5.81. The number of likely N-dealkylation sites (tertiary alicyclic amines) is 1. The van der Waals surface area contributed by atoms with Crippen molar-refractivity contribution in [2.75, 3.05) is 20.1 Å². The molecular weight excluding hydrogens is 250 g/mol. The van der Waals surface area contributed by atoms with E-state index in [0.29, 0.717) is 6.42 Å². The van der Waals surface area contributed by atoms with Crippen LogP contribution in [-0.4, -0.2) is 43.0 Å². The second-order valence-corrected chi connectivity index (χ2v) is 5.74. The normalized spacial score (nSPS) is 21.4. The Hall–Kier alpha value is -1.39. The molecule has 0 saturated carbocycles. The number of piperidine rings is 1. The highest BCUT2D eigenvalue weighted by atomic mass is 16.2. The van der Waals surface area contributed by atoms with Crippen molar-refractivity contribution in [3.05, 3.63) is 35.9 Å². The first-order chi connectivity index (χ1) is 9.65. The highest BCUT2D eigenvalue weighted by Gasteiger charge is 2.21. The Labute approximate surface area is 121 Å². The minimum absolute atomic E-state index is 0.0127. The first-order valence-corrected chi connectivity index (χ1v) is 7.43. The van der Waals surface area contributed by atoms with Crippen LogP contribution in [0.15, 0.2) is 30.3 Å². The standard InChI is InChI=1S/C16H25N3O/c1-19-11-5-8-14(12-19)18-16(20)15(17)10-9-13-6-3-2-4-7-13/h2-4,6-7,14-15H,5,8-12,17H2,1H3,(H,18,20)/t14?,15-/m0/s1. The Bertz CT molecular complexity index is 421. The average molecular weight is 275 g/mol. The quantitative estimate of drug-likeness (QED) is 0.848. The molecule has 1 aliphatic heterocycles. The van der Waals surface area contributed by atoms with Crippen LogP contribution >= 0.6 is 0 Å². The lowest BCUT2D eigenvalue weighted by Crippen LogP contribution is -2.51. The summed E-state index contributed by atoms with van der Waals surface area (Å²) >= 11 is 0. The van der Waals surface area contributed by atoms with Gasteiger partial charge in [-0.15, -0.1) is 0 Å². The van der Waals surface area contributed by atoms with Crippen LogP contribution in [0.3, 0.4) is 0 Å². The van der Waals surface area contributed by atoms with Gasteiger partial charge in [0.25, 0.3) is 0 Å². The lowest BCUT2D eigenvalue weighted by atomic mass is 10.0. The van der Waals surface area contributed by atoms with Gasteiger partial charge in [0.05, 0.1) is 6.04 Å². The lowest BCUT2D eigenvalue weighted by Gasteiger charge is -2.30. The van der Waals surface area contributed by atoms with Crippen molar-refractivity contribution >= 4 is 5.91 Å². The van der Waals surface area contributed by atoms with Crippen LogP contribution in [0.5, 0.6) is 0 Å². The fourth-order valence-corrected chi connectivity index (χ4v) is 2.69. The third kappa shape index (κ3) is 4.62. The topological polar surface area (TPSA) is 58.4 Å². The molecule has 4 heteroatoms. The van der Waals surface area contributed by atoms with Gasteiger partial charge in [0.1, 0.15) is 0 Å². The second kappa shape index (κ2) is 7.41. The van der Waals surface area contributed by atoms with Crippen molar-refractivity contribution in [1.82, 2.24) is 10.2 Å². The number of rotatable bonds is 5. The van der Waals surface area contributed by atoms with Gasteiger partial charge in [0, 0.05) is 12.6 Å². The Morgan fingerprint density at radius 2 is 2.20 bits per heavy atom. The van der Waals surface area contributed by atoms with Crippen LogP contribution < -0.4 is 11.1 Å². The molecule has 1 unspecified atom stereocenters. The third-order valence-electron chi connectivity index (χ3n) is 3.89. The van der Waals surface area contributed by atoms with Crippen molar-refractivity contribution in [3.8, 4) is 0 Å². The molecule has 110 valence electrons. The Balaban J connectivity index is 1.74. The number of hydrogen-bond acceptors (Lipinski definition) is 3. The molecule has 1 aliphatic rings. The fraction of sp³-hybridized carbons (Fsp3) is 0.562. The molecule has 1 aromatic rings. The van der Waals surface area contributed by atoms with Gasteiger partial charge in [-0.05, 0) is 44.8 Å². The van der Waals surface area contributed by atoms with Crippen molar-refractivity contribution in [2.24, 2.45) is 5.73 Å².